The first-order valence-corrected chi connectivity index (χ1v) is 6.44. The molecule has 0 unspecified atom stereocenters. The fourth-order valence-corrected chi connectivity index (χ4v) is 3.09. The Morgan fingerprint density at radius 2 is 2.17 bits per heavy atom. The summed E-state index contributed by atoms with van der Waals surface area (Å²) in [5.74, 6) is 0. The minimum atomic E-state index is -4.57. The third-order valence-corrected chi connectivity index (χ3v) is 4.53. The van der Waals surface area contributed by atoms with Gasteiger partial charge in [0, 0.05) is 12.4 Å². The highest BCUT2D eigenvalue weighted by molar-refractivity contribution is 7.92. The van der Waals surface area contributed by atoms with E-state index in [0.29, 0.717) is 0 Å². The molecule has 1 aliphatic rings. The number of aliphatic hydroxyl groups is 4. The zero-order valence-electron chi connectivity index (χ0n) is 8.96. The van der Waals surface area contributed by atoms with E-state index >= 15 is 0 Å². The Morgan fingerprint density at radius 3 is 2.61 bits per heavy atom. The summed E-state index contributed by atoms with van der Waals surface area (Å²) in [6.45, 7) is -0.756. The summed E-state index contributed by atoms with van der Waals surface area (Å²) in [4.78, 5) is 5.70. The van der Waals surface area contributed by atoms with Gasteiger partial charge >= 0.3 is 5.12 Å². The van der Waals surface area contributed by atoms with Gasteiger partial charge in [0.05, 0.1) is 6.61 Å². The van der Waals surface area contributed by atoms with E-state index in [0.717, 1.165) is 6.20 Å². The molecule has 0 spiro atoms. The predicted molar refractivity (Wildman–Crippen MR) is 54.7 cm³/mol. The van der Waals surface area contributed by atoms with E-state index in [4.69, 9.17) is 5.11 Å². The van der Waals surface area contributed by atoms with E-state index in [2.05, 4.69) is 14.7 Å². The summed E-state index contributed by atoms with van der Waals surface area (Å²) in [6, 6.07) is 0. The van der Waals surface area contributed by atoms with Crippen LogP contribution in [0.5, 0.6) is 0 Å². The summed E-state index contributed by atoms with van der Waals surface area (Å²) in [5.41, 5.74) is 0. The Balaban J connectivity index is 2.44. The molecule has 10 heteroatoms. The molecule has 2 rings (SSSR count). The van der Waals surface area contributed by atoms with Crippen LogP contribution in [0.3, 0.4) is 0 Å². The quantitative estimate of drug-likeness (QED) is 0.391. The first kappa shape index (κ1) is 13.4. The number of nitrogens with one attached hydrogen (secondary N) is 1. The highest BCUT2D eigenvalue weighted by Crippen LogP contribution is 2.36. The number of imidazole rings is 1. The Morgan fingerprint density at radius 1 is 1.50 bits per heavy atom. The average molecular weight is 280 g/mol. The Kier molecular flexibility index (Phi) is 3.17. The second-order valence-corrected chi connectivity index (χ2v) is 5.78. The number of H-pyrrole nitrogens is 1. The molecule has 102 valence electrons. The molecule has 0 bridgehead atoms. The van der Waals surface area contributed by atoms with Crippen LogP contribution in [0.1, 0.15) is 0 Å². The van der Waals surface area contributed by atoms with Crippen LogP contribution < -0.4 is 0 Å². The van der Waals surface area contributed by atoms with Crippen molar-refractivity contribution < 1.29 is 33.6 Å². The Labute approximate surface area is 102 Å². The van der Waals surface area contributed by atoms with Crippen molar-refractivity contribution in [3.63, 3.8) is 0 Å². The third-order valence-electron chi connectivity index (χ3n) is 2.69. The highest BCUT2D eigenvalue weighted by atomic mass is 32.2. The van der Waals surface area contributed by atoms with Crippen molar-refractivity contribution in [2.75, 3.05) is 6.61 Å². The molecule has 18 heavy (non-hydrogen) atoms. The molecule has 1 aliphatic heterocycles. The summed E-state index contributed by atoms with van der Waals surface area (Å²) < 4.78 is 28.7. The molecule has 0 saturated carbocycles. The van der Waals surface area contributed by atoms with E-state index in [1.807, 2.05) is 0 Å². The molecule has 0 aliphatic carbocycles. The van der Waals surface area contributed by atoms with E-state index in [1.165, 1.54) is 6.20 Å². The van der Waals surface area contributed by atoms with Crippen molar-refractivity contribution in [2.45, 2.75) is 28.6 Å². The van der Waals surface area contributed by atoms with E-state index in [1.54, 1.807) is 0 Å². The SMILES string of the molecule is O=S(=O)(c1ncc[nH]1)[C@@]1(O)O[C@H](CO)[C@@H](O)[C@H]1O. The number of nitrogens with zero attached hydrogens (tertiary/aromatic N) is 1. The summed E-state index contributed by atoms with van der Waals surface area (Å²) >= 11 is 0. The van der Waals surface area contributed by atoms with Crippen molar-refractivity contribution in [1.82, 2.24) is 9.97 Å². The van der Waals surface area contributed by atoms with Crippen LogP contribution >= 0.6 is 0 Å². The molecule has 2 heterocycles. The van der Waals surface area contributed by atoms with Crippen LogP contribution in [0.4, 0.5) is 0 Å². The average Bonchev–Trinajstić information content (AvgIpc) is 2.93. The zero-order valence-corrected chi connectivity index (χ0v) is 9.78. The molecular formula is C8H12N2O7S. The van der Waals surface area contributed by atoms with Gasteiger partial charge in [0.15, 0.2) is 6.10 Å². The van der Waals surface area contributed by atoms with Crippen molar-refractivity contribution in [2.24, 2.45) is 0 Å². The number of aromatic nitrogens is 2. The maximum atomic E-state index is 12.0. The molecule has 1 fully saturated rings. The van der Waals surface area contributed by atoms with Crippen LogP contribution in [0.15, 0.2) is 17.6 Å². The summed E-state index contributed by atoms with van der Waals surface area (Å²) in [6.07, 6.45) is -2.92. The second-order valence-electron chi connectivity index (χ2n) is 3.80. The van der Waals surface area contributed by atoms with Crippen LogP contribution in [0, 0.1) is 0 Å². The molecule has 1 aromatic rings. The Bertz CT molecular complexity index is 516. The van der Waals surface area contributed by atoms with Gasteiger partial charge in [-0.05, 0) is 0 Å². The van der Waals surface area contributed by atoms with E-state index in [9.17, 15) is 23.7 Å². The molecule has 5 N–H and O–H groups in total. The largest absolute Gasteiger partial charge is 0.394 e. The van der Waals surface area contributed by atoms with Gasteiger partial charge < -0.3 is 30.1 Å². The molecule has 9 nitrogen and oxygen atoms in total. The van der Waals surface area contributed by atoms with Crippen LogP contribution in [-0.2, 0) is 14.6 Å². The summed E-state index contributed by atoms with van der Waals surface area (Å²) in [7, 11) is -4.57. The first-order valence-electron chi connectivity index (χ1n) is 4.96. The number of sulfone groups is 1. The lowest BCUT2D eigenvalue weighted by Crippen LogP contribution is -2.49. The fourth-order valence-electron chi connectivity index (χ4n) is 1.68. The standard InChI is InChI=1S/C8H12N2O7S/c11-3-4-5(12)6(13)8(14,17-4)18(15,16)7-9-1-2-10-7/h1-2,4-6,11-14H,3H2,(H,9,10)/t4-,5-,6-,8+/m1/s1. The monoisotopic (exact) mass is 280 g/mol. The molecule has 4 atom stereocenters. The van der Waals surface area contributed by atoms with Crippen LogP contribution in [-0.4, -0.2) is 68.8 Å². The van der Waals surface area contributed by atoms with Gasteiger partial charge in [-0.15, -0.1) is 0 Å². The predicted octanol–water partition coefficient (Wildman–Crippen LogP) is -3.06. The number of hydrogen-bond donors (Lipinski definition) is 5. The first-order chi connectivity index (χ1) is 8.34. The van der Waals surface area contributed by atoms with E-state index in [-0.39, 0.29) is 0 Å². The smallest absolute Gasteiger partial charge is 0.309 e. The molecule has 0 aromatic carbocycles. The second kappa shape index (κ2) is 4.26. The molecular weight excluding hydrogens is 268 g/mol. The van der Waals surface area contributed by atoms with Gasteiger partial charge in [-0.3, -0.25) is 0 Å². The van der Waals surface area contributed by atoms with Crippen LogP contribution in [0.2, 0.25) is 0 Å². The van der Waals surface area contributed by atoms with Crippen molar-refractivity contribution in [1.29, 1.82) is 0 Å². The number of rotatable bonds is 3. The lowest BCUT2D eigenvalue weighted by Gasteiger charge is -2.24. The van der Waals surface area contributed by atoms with Gasteiger partial charge in [0.2, 0.25) is 5.16 Å². The van der Waals surface area contributed by atoms with Gasteiger partial charge in [0.25, 0.3) is 9.84 Å². The third kappa shape index (κ3) is 1.66. The number of aliphatic hydroxyl groups excluding tert-OH is 3. The molecule has 0 amide bonds. The molecule has 1 saturated heterocycles. The molecule has 1 aromatic heterocycles. The van der Waals surface area contributed by atoms with Crippen molar-refractivity contribution >= 4 is 9.84 Å². The van der Waals surface area contributed by atoms with Gasteiger partial charge in [-0.2, -0.15) is 0 Å². The number of hydrogen-bond acceptors (Lipinski definition) is 8. The maximum Gasteiger partial charge on any atom is 0.309 e. The zero-order chi connectivity index (χ0) is 13.6. The minimum Gasteiger partial charge on any atom is -0.394 e. The fraction of sp³-hybridized carbons (Fsp3) is 0.625. The van der Waals surface area contributed by atoms with Gasteiger partial charge in [0.1, 0.15) is 12.2 Å². The maximum absolute atomic E-state index is 12.0. The summed E-state index contributed by atoms with van der Waals surface area (Å²) in [5, 5.41) is 34.2. The van der Waals surface area contributed by atoms with Crippen molar-refractivity contribution in [3.8, 4) is 0 Å². The Hall–Kier alpha value is -1.04. The highest BCUT2D eigenvalue weighted by Gasteiger charge is 2.62. The number of aromatic amines is 1. The lowest BCUT2D eigenvalue weighted by atomic mass is 10.1. The topological polar surface area (TPSA) is 153 Å². The van der Waals surface area contributed by atoms with Gasteiger partial charge in [-0.1, -0.05) is 0 Å². The van der Waals surface area contributed by atoms with Crippen molar-refractivity contribution in [3.05, 3.63) is 12.4 Å². The van der Waals surface area contributed by atoms with E-state index < -0.39 is 45.0 Å². The molecule has 0 radical (unpaired) electrons. The normalized spacial score (nSPS) is 37.0. The lowest BCUT2D eigenvalue weighted by molar-refractivity contribution is -0.169. The minimum absolute atomic E-state index is 0.616. The van der Waals surface area contributed by atoms with Gasteiger partial charge in [-0.25, -0.2) is 13.4 Å². The number of ether oxygens (including phenoxy) is 1. The van der Waals surface area contributed by atoms with Crippen LogP contribution in [0.25, 0.3) is 0 Å².